The number of hydrogen-bond donors (Lipinski definition) is 1. The number of piperidine rings is 1. The molecular formula is C17H26N4. The average molecular weight is 286 g/mol. The lowest BCUT2D eigenvalue weighted by atomic mass is 9.91. The molecule has 1 aliphatic heterocycles. The van der Waals surface area contributed by atoms with Crippen molar-refractivity contribution in [2.45, 2.75) is 39.3 Å². The number of hydrogen-bond acceptors (Lipinski definition) is 3. The van der Waals surface area contributed by atoms with E-state index in [1.807, 2.05) is 12.1 Å². The molecule has 0 aromatic carbocycles. The van der Waals surface area contributed by atoms with Crippen LogP contribution >= 0.6 is 0 Å². The zero-order chi connectivity index (χ0) is 14.7. The third-order valence-corrected chi connectivity index (χ3v) is 4.57. The van der Waals surface area contributed by atoms with E-state index in [1.165, 1.54) is 31.6 Å². The molecule has 0 saturated carbocycles. The van der Waals surface area contributed by atoms with Crippen LogP contribution in [0.25, 0.3) is 5.65 Å². The number of imidazole rings is 1. The fourth-order valence-corrected chi connectivity index (χ4v) is 3.42. The van der Waals surface area contributed by atoms with E-state index >= 15 is 0 Å². The number of likely N-dealkylation sites (tertiary alicyclic amines) is 1. The van der Waals surface area contributed by atoms with Gasteiger partial charge in [-0.2, -0.15) is 0 Å². The predicted octanol–water partition coefficient (Wildman–Crippen LogP) is 2.54. The van der Waals surface area contributed by atoms with E-state index in [0.717, 1.165) is 24.7 Å². The lowest BCUT2D eigenvalue weighted by molar-refractivity contribution is 0.144. The van der Waals surface area contributed by atoms with Crippen LogP contribution in [0.15, 0.2) is 30.6 Å². The number of fused-ring (bicyclic) bond motifs is 1. The van der Waals surface area contributed by atoms with Gasteiger partial charge in [0.1, 0.15) is 5.65 Å². The zero-order valence-electron chi connectivity index (χ0n) is 13.1. The SMILES string of the molecule is CCNC(C)C1CCCN(Cc2cn3ccccc3n2)C1. The van der Waals surface area contributed by atoms with Crippen LogP contribution in [-0.4, -0.2) is 40.0 Å². The highest BCUT2D eigenvalue weighted by atomic mass is 15.2. The van der Waals surface area contributed by atoms with Gasteiger partial charge in [0.25, 0.3) is 0 Å². The van der Waals surface area contributed by atoms with Crippen LogP contribution in [0, 0.1) is 5.92 Å². The van der Waals surface area contributed by atoms with Crippen LogP contribution in [-0.2, 0) is 6.54 Å². The molecule has 1 N–H and O–H groups in total. The molecule has 1 saturated heterocycles. The zero-order valence-corrected chi connectivity index (χ0v) is 13.1. The molecule has 1 aliphatic rings. The van der Waals surface area contributed by atoms with Crippen LogP contribution in [0.3, 0.4) is 0 Å². The molecule has 1 fully saturated rings. The second kappa shape index (κ2) is 6.58. The Morgan fingerprint density at radius 2 is 2.33 bits per heavy atom. The highest BCUT2D eigenvalue weighted by Crippen LogP contribution is 2.21. The van der Waals surface area contributed by atoms with Crippen molar-refractivity contribution in [1.82, 2.24) is 19.6 Å². The van der Waals surface area contributed by atoms with Gasteiger partial charge in [-0.15, -0.1) is 0 Å². The fourth-order valence-electron chi connectivity index (χ4n) is 3.42. The second-order valence-electron chi connectivity index (χ2n) is 6.18. The van der Waals surface area contributed by atoms with E-state index in [1.54, 1.807) is 0 Å². The van der Waals surface area contributed by atoms with Crippen LogP contribution in [0.2, 0.25) is 0 Å². The highest BCUT2D eigenvalue weighted by Gasteiger charge is 2.24. The van der Waals surface area contributed by atoms with Gasteiger partial charge in [0.05, 0.1) is 5.69 Å². The van der Waals surface area contributed by atoms with Gasteiger partial charge < -0.3 is 9.72 Å². The minimum absolute atomic E-state index is 0.610. The van der Waals surface area contributed by atoms with Gasteiger partial charge in [-0.05, 0) is 50.9 Å². The van der Waals surface area contributed by atoms with E-state index in [-0.39, 0.29) is 0 Å². The van der Waals surface area contributed by atoms with Crippen molar-refractivity contribution >= 4 is 5.65 Å². The lowest BCUT2D eigenvalue weighted by Gasteiger charge is -2.35. The molecule has 2 aromatic heterocycles. The van der Waals surface area contributed by atoms with E-state index in [2.05, 4.69) is 46.9 Å². The first-order chi connectivity index (χ1) is 10.3. The van der Waals surface area contributed by atoms with Gasteiger partial charge in [0.15, 0.2) is 0 Å². The molecule has 0 radical (unpaired) electrons. The summed E-state index contributed by atoms with van der Waals surface area (Å²) in [4.78, 5) is 7.28. The summed E-state index contributed by atoms with van der Waals surface area (Å²) in [5, 5.41) is 3.57. The second-order valence-corrected chi connectivity index (χ2v) is 6.18. The highest BCUT2D eigenvalue weighted by molar-refractivity contribution is 5.39. The Hall–Kier alpha value is -1.39. The molecule has 21 heavy (non-hydrogen) atoms. The van der Waals surface area contributed by atoms with Gasteiger partial charge in [-0.3, -0.25) is 4.90 Å². The Morgan fingerprint density at radius 3 is 3.14 bits per heavy atom. The molecule has 4 heteroatoms. The molecule has 0 aliphatic carbocycles. The summed E-state index contributed by atoms with van der Waals surface area (Å²) in [6.45, 7) is 8.92. The third-order valence-electron chi connectivity index (χ3n) is 4.57. The molecule has 3 heterocycles. The number of nitrogens with zero attached hydrogens (tertiary/aromatic N) is 3. The maximum atomic E-state index is 4.72. The molecule has 2 aromatic rings. The summed E-state index contributed by atoms with van der Waals surface area (Å²) >= 11 is 0. The number of nitrogens with one attached hydrogen (secondary N) is 1. The van der Waals surface area contributed by atoms with Crippen molar-refractivity contribution in [1.29, 1.82) is 0 Å². The fraction of sp³-hybridized carbons (Fsp3) is 0.588. The van der Waals surface area contributed by atoms with Gasteiger partial charge in [-0.1, -0.05) is 13.0 Å². The molecule has 0 spiro atoms. The van der Waals surface area contributed by atoms with Crippen LogP contribution in [0.5, 0.6) is 0 Å². The number of rotatable bonds is 5. The third kappa shape index (κ3) is 3.44. The van der Waals surface area contributed by atoms with Crippen molar-refractivity contribution in [3.8, 4) is 0 Å². The Kier molecular flexibility index (Phi) is 4.56. The monoisotopic (exact) mass is 286 g/mol. The normalized spacial score (nSPS) is 21.7. The summed E-state index contributed by atoms with van der Waals surface area (Å²) in [6, 6.07) is 6.77. The van der Waals surface area contributed by atoms with Gasteiger partial charge in [-0.25, -0.2) is 4.98 Å². The van der Waals surface area contributed by atoms with E-state index in [9.17, 15) is 0 Å². The molecule has 4 nitrogen and oxygen atoms in total. The molecule has 0 amide bonds. The molecule has 0 bridgehead atoms. The first-order valence-corrected chi connectivity index (χ1v) is 8.14. The van der Waals surface area contributed by atoms with E-state index in [4.69, 9.17) is 4.98 Å². The van der Waals surface area contributed by atoms with Gasteiger partial charge in [0.2, 0.25) is 0 Å². The quantitative estimate of drug-likeness (QED) is 0.917. The van der Waals surface area contributed by atoms with Crippen molar-refractivity contribution in [2.24, 2.45) is 5.92 Å². The van der Waals surface area contributed by atoms with Crippen molar-refractivity contribution in [3.05, 3.63) is 36.3 Å². The molecule has 3 rings (SSSR count). The standard InChI is InChI=1S/C17H26N4/c1-3-18-14(2)15-7-6-9-20(11-15)12-16-13-21-10-5-4-8-17(21)19-16/h4-5,8,10,13-15,18H,3,6-7,9,11-12H2,1-2H3. The molecular weight excluding hydrogens is 260 g/mol. The maximum absolute atomic E-state index is 4.72. The summed E-state index contributed by atoms with van der Waals surface area (Å²) in [7, 11) is 0. The Morgan fingerprint density at radius 1 is 1.43 bits per heavy atom. The smallest absolute Gasteiger partial charge is 0.137 e. The van der Waals surface area contributed by atoms with Crippen molar-refractivity contribution in [3.63, 3.8) is 0 Å². The Balaban J connectivity index is 1.64. The average Bonchev–Trinajstić information content (AvgIpc) is 2.90. The van der Waals surface area contributed by atoms with Gasteiger partial charge >= 0.3 is 0 Å². The van der Waals surface area contributed by atoms with Crippen LogP contribution in [0.4, 0.5) is 0 Å². The number of aromatic nitrogens is 2. The van der Waals surface area contributed by atoms with Crippen molar-refractivity contribution in [2.75, 3.05) is 19.6 Å². The molecule has 114 valence electrons. The van der Waals surface area contributed by atoms with E-state index < -0.39 is 0 Å². The summed E-state index contributed by atoms with van der Waals surface area (Å²) in [5.41, 5.74) is 2.22. The molecule has 2 unspecified atom stereocenters. The Labute approximate surface area is 127 Å². The number of pyridine rings is 1. The maximum Gasteiger partial charge on any atom is 0.137 e. The summed E-state index contributed by atoms with van der Waals surface area (Å²) in [6.07, 6.45) is 6.87. The van der Waals surface area contributed by atoms with Crippen LogP contribution < -0.4 is 5.32 Å². The molecule has 2 atom stereocenters. The lowest BCUT2D eigenvalue weighted by Crippen LogP contribution is -2.44. The first kappa shape index (κ1) is 14.5. The van der Waals surface area contributed by atoms with Gasteiger partial charge in [0, 0.05) is 31.5 Å². The topological polar surface area (TPSA) is 32.6 Å². The first-order valence-electron chi connectivity index (χ1n) is 8.14. The minimum atomic E-state index is 0.610. The van der Waals surface area contributed by atoms with E-state index in [0.29, 0.717) is 6.04 Å². The largest absolute Gasteiger partial charge is 0.314 e. The minimum Gasteiger partial charge on any atom is -0.314 e. The summed E-state index contributed by atoms with van der Waals surface area (Å²) in [5.74, 6) is 0.760. The van der Waals surface area contributed by atoms with Crippen LogP contribution in [0.1, 0.15) is 32.4 Å². The Bertz CT molecular complexity index is 544. The summed E-state index contributed by atoms with van der Waals surface area (Å²) < 4.78 is 2.11. The predicted molar refractivity (Wildman–Crippen MR) is 86.3 cm³/mol. The van der Waals surface area contributed by atoms with Crippen molar-refractivity contribution < 1.29 is 0 Å².